The van der Waals surface area contributed by atoms with E-state index in [1.54, 1.807) is 6.07 Å². The van der Waals surface area contributed by atoms with Gasteiger partial charge in [-0.25, -0.2) is 18.7 Å². The summed E-state index contributed by atoms with van der Waals surface area (Å²) in [7, 11) is 0. The van der Waals surface area contributed by atoms with Gasteiger partial charge in [-0.3, -0.25) is 0 Å². The molecule has 1 aromatic carbocycles. The van der Waals surface area contributed by atoms with Crippen LogP contribution in [0.15, 0.2) is 29.0 Å². The predicted molar refractivity (Wildman–Crippen MR) is 72.8 cm³/mol. The molecule has 0 amide bonds. The standard InChI is InChI=1S/C13H12BrF2N3/c1-2-11-12(16)13(19-7-18-11)17-6-8-5-9(15)3-4-10(8)14/h3-5,7H,2,6H2,1H3,(H,17,18,19). The van der Waals surface area contributed by atoms with Crippen LogP contribution in [0.2, 0.25) is 0 Å². The number of halogens is 3. The minimum absolute atomic E-state index is 0.128. The van der Waals surface area contributed by atoms with Gasteiger partial charge < -0.3 is 5.32 Å². The van der Waals surface area contributed by atoms with E-state index in [2.05, 4.69) is 31.2 Å². The highest BCUT2D eigenvalue weighted by Crippen LogP contribution is 2.20. The van der Waals surface area contributed by atoms with Crippen molar-refractivity contribution in [3.63, 3.8) is 0 Å². The van der Waals surface area contributed by atoms with Gasteiger partial charge in [0.15, 0.2) is 11.6 Å². The molecule has 2 aromatic rings. The van der Waals surface area contributed by atoms with Crippen LogP contribution in [0.5, 0.6) is 0 Å². The van der Waals surface area contributed by atoms with E-state index < -0.39 is 5.82 Å². The molecule has 100 valence electrons. The van der Waals surface area contributed by atoms with Crippen molar-refractivity contribution in [1.82, 2.24) is 9.97 Å². The smallest absolute Gasteiger partial charge is 0.186 e. The van der Waals surface area contributed by atoms with Crippen molar-refractivity contribution in [3.05, 3.63) is 51.9 Å². The SMILES string of the molecule is CCc1ncnc(NCc2cc(F)ccc2Br)c1F. The molecule has 2 rings (SSSR count). The Morgan fingerprint density at radius 2 is 2.05 bits per heavy atom. The first kappa shape index (κ1) is 13.9. The number of nitrogens with zero attached hydrogens (tertiary/aromatic N) is 2. The number of benzene rings is 1. The van der Waals surface area contributed by atoms with Crippen LogP contribution < -0.4 is 5.32 Å². The average Bonchev–Trinajstić information content (AvgIpc) is 2.41. The summed E-state index contributed by atoms with van der Waals surface area (Å²) in [5, 5.41) is 2.85. The van der Waals surface area contributed by atoms with E-state index in [0.29, 0.717) is 17.7 Å². The average molecular weight is 328 g/mol. The molecule has 0 radical (unpaired) electrons. The summed E-state index contributed by atoms with van der Waals surface area (Å²) in [6.45, 7) is 2.09. The second-order valence-corrected chi connectivity index (χ2v) is 4.78. The number of nitrogens with one attached hydrogen (secondary N) is 1. The first-order valence-corrected chi connectivity index (χ1v) is 6.58. The maximum atomic E-state index is 13.9. The number of anilines is 1. The molecule has 1 heterocycles. The number of aryl methyl sites for hydroxylation is 1. The predicted octanol–water partition coefficient (Wildman–Crippen LogP) is 3.69. The van der Waals surface area contributed by atoms with Crippen molar-refractivity contribution in [1.29, 1.82) is 0 Å². The fourth-order valence-corrected chi connectivity index (χ4v) is 2.02. The Labute approximate surface area is 118 Å². The third-order valence-corrected chi connectivity index (χ3v) is 3.42. The lowest BCUT2D eigenvalue weighted by Gasteiger charge is -2.09. The van der Waals surface area contributed by atoms with E-state index in [4.69, 9.17) is 0 Å². The minimum Gasteiger partial charge on any atom is -0.363 e. The Balaban J connectivity index is 2.17. The summed E-state index contributed by atoms with van der Waals surface area (Å²) in [6.07, 6.45) is 1.80. The molecule has 0 bridgehead atoms. The highest BCUT2D eigenvalue weighted by Gasteiger charge is 2.10. The van der Waals surface area contributed by atoms with Crippen LogP contribution in [0.4, 0.5) is 14.6 Å². The molecule has 1 N–H and O–H groups in total. The van der Waals surface area contributed by atoms with E-state index in [1.807, 2.05) is 6.92 Å². The number of hydrogen-bond acceptors (Lipinski definition) is 3. The second-order valence-electron chi connectivity index (χ2n) is 3.93. The van der Waals surface area contributed by atoms with Crippen LogP contribution in [0.25, 0.3) is 0 Å². The van der Waals surface area contributed by atoms with Gasteiger partial charge in [0, 0.05) is 11.0 Å². The molecule has 0 atom stereocenters. The van der Waals surface area contributed by atoms with Gasteiger partial charge in [0.1, 0.15) is 12.1 Å². The highest BCUT2D eigenvalue weighted by atomic mass is 79.9. The Morgan fingerprint density at radius 1 is 1.26 bits per heavy atom. The van der Waals surface area contributed by atoms with Gasteiger partial charge in [-0.2, -0.15) is 0 Å². The maximum absolute atomic E-state index is 13.9. The van der Waals surface area contributed by atoms with E-state index in [9.17, 15) is 8.78 Å². The summed E-state index contributed by atoms with van der Waals surface area (Å²) < 4.78 is 27.8. The lowest BCUT2D eigenvalue weighted by molar-refractivity contribution is 0.596. The second kappa shape index (κ2) is 6.06. The first-order valence-electron chi connectivity index (χ1n) is 5.79. The van der Waals surface area contributed by atoms with Crippen LogP contribution in [0.1, 0.15) is 18.2 Å². The number of hydrogen-bond donors (Lipinski definition) is 1. The third-order valence-electron chi connectivity index (χ3n) is 2.65. The van der Waals surface area contributed by atoms with Crippen molar-refractivity contribution >= 4 is 21.7 Å². The summed E-state index contributed by atoms with van der Waals surface area (Å²) in [4.78, 5) is 7.70. The van der Waals surface area contributed by atoms with Gasteiger partial charge in [0.05, 0.1) is 5.69 Å². The quantitative estimate of drug-likeness (QED) is 0.930. The minimum atomic E-state index is -0.461. The number of aromatic nitrogens is 2. The maximum Gasteiger partial charge on any atom is 0.186 e. The van der Waals surface area contributed by atoms with Crippen LogP contribution in [-0.4, -0.2) is 9.97 Å². The van der Waals surface area contributed by atoms with E-state index in [-0.39, 0.29) is 18.2 Å². The molecule has 0 aliphatic carbocycles. The highest BCUT2D eigenvalue weighted by molar-refractivity contribution is 9.10. The number of rotatable bonds is 4. The van der Waals surface area contributed by atoms with E-state index in [1.165, 1.54) is 18.5 Å². The summed E-state index contributed by atoms with van der Waals surface area (Å²) >= 11 is 3.32. The van der Waals surface area contributed by atoms with Crippen LogP contribution >= 0.6 is 15.9 Å². The molecule has 0 aliphatic rings. The Morgan fingerprint density at radius 3 is 2.79 bits per heavy atom. The topological polar surface area (TPSA) is 37.8 Å². The monoisotopic (exact) mass is 327 g/mol. The molecule has 0 unspecified atom stereocenters. The molecular formula is C13H12BrF2N3. The molecular weight excluding hydrogens is 316 g/mol. The van der Waals surface area contributed by atoms with Crippen molar-refractivity contribution in [2.24, 2.45) is 0 Å². The Kier molecular flexibility index (Phi) is 4.42. The molecule has 19 heavy (non-hydrogen) atoms. The van der Waals surface area contributed by atoms with Crippen molar-refractivity contribution in [2.45, 2.75) is 19.9 Å². The normalized spacial score (nSPS) is 10.5. The molecule has 1 aromatic heterocycles. The van der Waals surface area contributed by atoms with Crippen LogP contribution in [0, 0.1) is 11.6 Å². The molecule has 6 heteroatoms. The van der Waals surface area contributed by atoms with Crippen molar-refractivity contribution < 1.29 is 8.78 Å². The molecule has 0 fully saturated rings. The largest absolute Gasteiger partial charge is 0.363 e. The summed E-state index contributed by atoms with van der Waals surface area (Å²) in [5.74, 6) is -0.669. The van der Waals surface area contributed by atoms with Gasteiger partial charge in [-0.05, 0) is 30.2 Å². The summed E-state index contributed by atoms with van der Waals surface area (Å²) in [5.41, 5.74) is 1.05. The molecule has 3 nitrogen and oxygen atoms in total. The van der Waals surface area contributed by atoms with Gasteiger partial charge in [0.25, 0.3) is 0 Å². The van der Waals surface area contributed by atoms with E-state index in [0.717, 1.165) is 4.47 Å². The lowest BCUT2D eigenvalue weighted by Crippen LogP contribution is -2.07. The van der Waals surface area contributed by atoms with Crippen LogP contribution in [-0.2, 0) is 13.0 Å². The fourth-order valence-electron chi connectivity index (χ4n) is 1.63. The van der Waals surface area contributed by atoms with E-state index >= 15 is 0 Å². The van der Waals surface area contributed by atoms with Gasteiger partial charge in [-0.1, -0.05) is 22.9 Å². The van der Waals surface area contributed by atoms with Crippen molar-refractivity contribution in [2.75, 3.05) is 5.32 Å². The molecule has 0 saturated carbocycles. The molecule has 0 spiro atoms. The molecule has 0 saturated heterocycles. The summed E-state index contributed by atoms with van der Waals surface area (Å²) in [6, 6.07) is 4.35. The zero-order valence-electron chi connectivity index (χ0n) is 10.3. The zero-order chi connectivity index (χ0) is 13.8. The Hall–Kier alpha value is -1.56. The zero-order valence-corrected chi connectivity index (χ0v) is 11.8. The third kappa shape index (κ3) is 3.26. The fraction of sp³-hybridized carbons (Fsp3) is 0.231. The van der Waals surface area contributed by atoms with Crippen LogP contribution in [0.3, 0.4) is 0 Å². The first-order chi connectivity index (χ1) is 9.11. The Bertz CT molecular complexity index is 590. The van der Waals surface area contributed by atoms with Crippen molar-refractivity contribution in [3.8, 4) is 0 Å². The van der Waals surface area contributed by atoms with Gasteiger partial charge in [-0.15, -0.1) is 0 Å². The van der Waals surface area contributed by atoms with Gasteiger partial charge in [0.2, 0.25) is 0 Å². The molecule has 0 aliphatic heterocycles. The lowest BCUT2D eigenvalue weighted by atomic mass is 10.2. The van der Waals surface area contributed by atoms with Gasteiger partial charge >= 0.3 is 0 Å².